The molecule has 0 saturated heterocycles. The molecule has 6 nitrogen and oxygen atoms in total. The highest BCUT2D eigenvalue weighted by Crippen LogP contribution is 2.22. The zero-order valence-corrected chi connectivity index (χ0v) is 14.2. The van der Waals surface area contributed by atoms with Gasteiger partial charge in [0.25, 0.3) is 0 Å². The molecule has 1 saturated carbocycles. The quantitative estimate of drug-likeness (QED) is 0.871. The summed E-state index contributed by atoms with van der Waals surface area (Å²) in [5.74, 6) is 0.955. The van der Waals surface area contributed by atoms with Gasteiger partial charge in [0.2, 0.25) is 5.95 Å². The summed E-state index contributed by atoms with van der Waals surface area (Å²) in [5, 5.41) is 0. The largest absolute Gasteiger partial charge is 0.343 e. The highest BCUT2D eigenvalue weighted by atomic mass is 15.3. The number of rotatable bonds is 3. The van der Waals surface area contributed by atoms with Crippen LogP contribution in [0.25, 0.3) is 11.2 Å². The summed E-state index contributed by atoms with van der Waals surface area (Å²) in [6.45, 7) is 4.34. The van der Waals surface area contributed by atoms with Crippen LogP contribution in [0.4, 0.5) is 5.95 Å². The zero-order valence-electron chi connectivity index (χ0n) is 14.2. The van der Waals surface area contributed by atoms with Gasteiger partial charge in [-0.3, -0.25) is 9.56 Å². The van der Waals surface area contributed by atoms with Gasteiger partial charge in [0.05, 0.1) is 12.4 Å². The Balaban J connectivity index is 2.19. The molecule has 2 aromatic heterocycles. The molecule has 2 aromatic rings. The first kappa shape index (κ1) is 15.1. The third-order valence-electron chi connectivity index (χ3n) is 4.66. The molecule has 120 valence electrons. The normalized spacial score (nSPS) is 17.1. The molecule has 0 aliphatic heterocycles. The summed E-state index contributed by atoms with van der Waals surface area (Å²) >= 11 is 0. The van der Waals surface area contributed by atoms with Crippen molar-refractivity contribution in [3.05, 3.63) is 11.8 Å². The summed E-state index contributed by atoms with van der Waals surface area (Å²) in [6, 6.07) is 0.806. The maximum atomic E-state index is 4.87. The first-order chi connectivity index (χ1) is 10.5. The van der Waals surface area contributed by atoms with E-state index in [1.165, 1.54) is 25.7 Å². The van der Waals surface area contributed by atoms with Crippen molar-refractivity contribution < 1.29 is 0 Å². The van der Waals surface area contributed by atoms with E-state index in [2.05, 4.69) is 42.4 Å². The van der Waals surface area contributed by atoms with E-state index in [9.17, 15) is 0 Å². The van der Waals surface area contributed by atoms with Crippen molar-refractivity contribution in [3.8, 4) is 0 Å². The molecular formula is C16H26N6. The number of hydrogen-bond donors (Lipinski definition) is 0. The van der Waals surface area contributed by atoms with Gasteiger partial charge >= 0.3 is 0 Å². The number of anilines is 1. The highest BCUT2D eigenvalue weighted by Gasteiger charge is 2.18. The molecule has 22 heavy (non-hydrogen) atoms. The van der Waals surface area contributed by atoms with Crippen molar-refractivity contribution in [1.29, 1.82) is 0 Å². The Labute approximate surface area is 131 Å². The summed E-state index contributed by atoms with van der Waals surface area (Å²) < 4.78 is 4.15. The van der Waals surface area contributed by atoms with Crippen LogP contribution in [-0.2, 0) is 14.1 Å². The fourth-order valence-electron chi connectivity index (χ4n) is 3.14. The zero-order chi connectivity index (χ0) is 15.9. The van der Waals surface area contributed by atoms with Crippen molar-refractivity contribution >= 4 is 17.1 Å². The van der Waals surface area contributed by atoms with E-state index in [0.29, 0.717) is 12.1 Å². The molecule has 0 amide bonds. The van der Waals surface area contributed by atoms with Crippen molar-refractivity contribution in [1.82, 2.24) is 19.1 Å². The average Bonchev–Trinajstić information content (AvgIpc) is 3.09. The summed E-state index contributed by atoms with van der Waals surface area (Å²) in [5.41, 5.74) is 2.76. The fraction of sp³-hybridized carbons (Fsp3) is 0.688. The number of fused-ring (bicyclic) bond motifs is 1. The molecule has 3 rings (SSSR count). The third kappa shape index (κ3) is 2.51. The number of hydrogen-bond acceptors (Lipinski definition) is 4. The second kappa shape index (κ2) is 5.74. The van der Waals surface area contributed by atoms with Crippen LogP contribution in [-0.4, -0.2) is 38.2 Å². The molecule has 0 radical (unpaired) electrons. The summed E-state index contributed by atoms with van der Waals surface area (Å²) in [4.78, 5) is 16.4. The van der Waals surface area contributed by atoms with Crippen LogP contribution in [0.5, 0.6) is 0 Å². The second-order valence-electron chi connectivity index (χ2n) is 6.59. The summed E-state index contributed by atoms with van der Waals surface area (Å²) in [6.07, 6.45) is 6.76. The molecule has 0 atom stereocenters. The van der Waals surface area contributed by atoms with Crippen LogP contribution in [0.1, 0.15) is 39.5 Å². The smallest absolute Gasteiger partial charge is 0.207 e. The van der Waals surface area contributed by atoms with Gasteiger partial charge in [-0.25, -0.2) is 9.97 Å². The molecule has 2 heterocycles. The van der Waals surface area contributed by atoms with Crippen LogP contribution < -0.4 is 10.4 Å². The van der Waals surface area contributed by atoms with E-state index in [0.717, 1.165) is 22.6 Å². The van der Waals surface area contributed by atoms with E-state index in [-0.39, 0.29) is 0 Å². The van der Waals surface area contributed by atoms with E-state index in [1.807, 2.05) is 17.9 Å². The van der Waals surface area contributed by atoms with Crippen LogP contribution >= 0.6 is 0 Å². The molecule has 1 aliphatic rings. The Kier molecular flexibility index (Phi) is 3.93. The van der Waals surface area contributed by atoms with Crippen molar-refractivity contribution in [3.63, 3.8) is 0 Å². The maximum Gasteiger partial charge on any atom is 0.207 e. The monoisotopic (exact) mass is 302 g/mol. The SMILES string of the molecule is CC(C)N(C)c1nc2c(=NC3CCCC3)ncn(C)c2n1C. The van der Waals surface area contributed by atoms with Gasteiger partial charge in [-0.05, 0) is 26.7 Å². The van der Waals surface area contributed by atoms with Crippen molar-refractivity contribution in [2.45, 2.75) is 51.6 Å². The Hall–Kier alpha value is -1.85. The fourth-order valence-corrected chi connectivity index (χ4v) is 3.14. The van der Waals surface area contributed by atoms with Crippen molar-refractivity contribution in [2.75, 3.05) is 11.9 Å². The van der Waals surface area contributed by atoms with Gasteiger partial charge in [-0.1, -0.05) is 12.8 Å². The molecule has 6 heteroatoms. The maximum absolute atomic E-state index is 4.87. The minimum atomic E-state index is 0.393. The Bertz CT molecular complexity index is 733. The standard InChI is InChI=1S/C16H26N6/c1-11(2)21(4)16-19-13-14(18-12-8-6-7-9-12)17-10-20(3)15(13)22(16)5/h10-12H,6-9H2,1-5H3. The van der Waals surface area contributed by atoms with E-state index >= 15 is 0 Å². The first-order valence-corrected chi connectivity index (χ1v) is 8.13. The second-order valence-corrected chi connectivity index (χ2v) is 6.59. The molecule has 1 fully saturated rings. The van der Waals surface area contributed by atoms with Gasteiger partial charge < -0.3 is 9.47 Å². The summed E-state index contributed by atoms with van der Waals surface area (Å²) in [7, 11) is 6.14. The Morgan fingerprint density at radius 2 is 1.95 bits per heavy atom. The van der Waals surface area contributed by atoms with Crippen LogP contribution in [0.15, 0.2) is 11.3 Å². The van der Waals surface area contributed by atoms with E-state index < -0.39 is 0 Å². The van der Waals surface area contributed by atoms with E-state index in [4.69, 9.17) is 9.98 Å². The predicted molar refractivity (Wildman–Crippen MR) is 88.8 cm³/mol. The van der Waals surface area contributed by atoms with E-state index in [1.54, 1.807) is 0 Å². The number of imidazole rings is 1. The molecule has 0 spiro atoms. The predicted octanol–water partition coefficient (Wildman–Crippen LogP) is 1.99. The lowest BCUT2D eigenvalue weighted by Crippen LogP contribution is -2.28. The number of nitrogens with zero attached hydrogens (tertiary/aromatic N) is 6. The first-order valence-electron chi connectivity index (χ1n) is 8.13. The average molecular weight is 302 g/mol. The van der Waals surface area contributed by atoms with Crippen LogP contribution in [0.2, 0.25) is 0 Å². The molecule has 0 aromatic carbocycles. The third-order valence-corrected chi connectivity index (χ3v) is 4.66. The molecular weight excluding hydrogens is 276 g/mol. The molecule has 0 unspecified atom stereocenters. The van der Waals surface area contributed by atoms with Gasteiger partial charge in [0.1, 0.15) is 5.65 Å². The highest BCUT2D eigenvalue weighted by molar-refractivity contribution is 5.74. The van der Waals surface area contributed by atoms with Crippen LogP contribution in [0.3, 0.4) is 0 Å². The van der Waals surface area contributed by atoms with Gasteiger partial charge in [-0.2, -0.15) is 0 Å². The minimum Gasteiger partial charge on any atom is -0.343 e. The topological polar surface area (TPSA) is 51.2 Å². The Morgan fingerprint density at radius 3 is 2.59 bits per heavy atom. The van der Waals surface area contributed by atoms with Gasteiger partial charge in [-0.15, -0.1) is 0 Å². The molecule has 0 N–H and O–H groups in total. The lowest BCUT2D eigenvalue weighted by molar-refractivity contribution is 0.678. The Morgan fingerprint density at radius 1 is 1.27 bits per heavy atom. The number of aryl methyl sites for hydroxylation is 2. The lowest BCUT2D eigenvalue weighted by Gasteiger charge is -2.22. The lowest BCUT2D eigenvalue weighted by atomic mass is 10.3. The van der Waals surface area contributed by atoms with Crippen molar-refractivity contribution in [2.24, 2.45) is 19.1 Å². The van der Waals surface area contributed by atoms with Gasteiger partial charge in [0.15, 0.2) is 11.0 Å². The molecule has 0 bridgehead atoms. The molecule has 1 aliphatic carbocycles. The van der Waals surface area contributed by atoms with Gasteiger partial charge in [0, 0.05) is 27.2 Å². The van der Waals surface area contributed by atoms with Crippen LogP contribution in [0, 0.1) is 0 Å². The number of aromatic nitrogens is 4. The minimum absolute atomic E-state index is 0.393.